The van der Waals surface area contributed by atoms with Gasteiger partial charge in [-0.15, -0.1) is 0 Å². The van der Waals surface area contributed by atoms with Crippen LogP contribution in [0, 0.1) is 0 Å². The summed E-state index contributed by atoms with van der Waals surface area (Å²) >= 11 is 0. The first-order chi connectivity index (χ1) is 6.10. The second-order valence-electron chi connectivity index (χ2n) is 4.39. The summed E-state index contributed by atoms with van der Waals surface area (Å²) in [6, 6.07) is 0. The van der Waals surface area contributed by atoms with Crippen molar-refractivity contribution in [2.45, 2.75) is 39.2 Å². The number of hydrogen-bond acceptors (Lipinski definition) is 3. The first kappa shape index (κ1) is 10.7. The van der Waals surface area contributed by atoms with Crippen molar-refractivity contribution in [1.29, 1.82) is 0 Å². The molecule has 1 rings (SSSR count). The highest BCUT2D eigenvalue weighted by molar-refractivity contribution is 5.82. The first-order valence-corrected chi connectivity index (χ1v) is 5.06. The normalized spacial score (nSPS) is 29.0. The molecule has 0 aromatic carbocycles. The van der Waals surface area contributed by atoms with E-state index >= 15 is 0 Å². The molecule has 0 unspecified atom stereocenters. The number of rotatable bonds is 0. The molecule has 1 aliphatic rings. The van der Waals surface area contributed by atoms with Gasteiger partial charge in [0, 0.05) is 17.7 Å². The Hall–Kier alpha value is -0.410. The molecule has 0 saturated heterocycles. The van der Waals surface area contributed by atoms with E-state index in [1.165, 1.54) is 12.1 Å². The number of nitrogens with zero attached hydrogens (tertiary/aromatic N) is 1. The van der Waals surface area contributed by atoms with Crippen molar-refractivity contribution in [3.8, 4) is 0 Å². The van der Waals surface area contributed by atoms with Crippen LogP contribution in [0.4, 0.5) is 0 Å². The van der Waals surface area contributed by atoms with E-state index in [0.29, 0.717) is 0 Å². The predicted octanol–water partition coefficient (Wildman–Crippen LogP) is 1.16. The van der Waals surface area contributed by atoms with Gasteiger partial charge >= 0.3 is 0 Å². The van der Waals surface area contributed by atoms with Gasteiger partial charge in [-0.2, -0.15) is 0 Å². The quantitative estimate of drug-likeness (QED) is 0.591. The second kappa shape index (κ2) is 4.72. The molecule has 0 atom stereocenters. The van der Waals surface area contributed by atoms with Gasteiger partial charge in [-0.1, -0.05) is 0 Å². The van der Waals surface area contributed by atoms with Gasteiger partial charge in [0.2, 0.25) is 0 Å². The van der Waals surface area contributed by atoms with Crippen molar-refractivity contribution in [3.05, 3.63) is 0 Å². The first-order valence-electron chi connectivity index (χ1n) is 5.06. The molecule has 0 fully saturated rings. The van der Waals surface area contributed by atoms with Crippen molar-refractivity contribution in [3.63, 3.8) is 0 Å². The van der Waals surface area contributed by atoms with Crippen LogP contribution in [-0.2, 0) is 0 Å². The van der Waals surface area contributed by atoms with E-state index in [1.807, 2.05) is 0 Å². The summed E-state index contributed by atoms with van der Waals surface area (Å²) in [5, 5.41) is 6.82. The molecule has 0 bridgehead atoms. The van der Waals surface area contributed by atoms with Crippen molar-refractivity contribution >= 4 is 5.71 Å². The number of aliphatic imine (C=N–C) groups is 1. The average molecular weight is 183 g/mol. The van der Waals surface area contributed by atoms with Gasteiger partial charge in [-0.05, 0) is 40.3 Å². The van der Waals surface area contributed by atoms with Crippen LogP contribution >= 0.6 is 0 Å². The van der Waals surface area contributed by atoms with Gasteiger partial charge in [-0.25, -0.2) is 0 Å². The monoisotopic (exact) mass is 183 g/mol. The summed E-state index contributed by atoms with van der Waals surface area (Å²) in [5.74, 6) is 0. The van der Waals surface area contributed by atoms with E-state index in [4.69, 9.17) is 0 Å². The van der Waals surface area contributed by atoms with E-state index < -0.39 is 0 Å². The topological polar surface area (TPSA) is 36.4 Å². The van der Waals surface area contributed by atoms with Crippen molar-refractivity contribution < 1.29 is 0 Å². The maximum Gasteiger partial charge on any atom is 0.0883 e. The third-order valence-corrected chi connectivity index (χ3v) is 2.29. The third kappa shape index (κ3) is 4.39. The highest BCUT2D eigenvalue weighted by atomic mass is 15.0. The van der Waals surface area contributed by atoms with Crippen LogP contribution < -0.4 is 10.6 Å². The third-order valence-electron chi connectivity index (χ3n) is 2.29. The SMILES string of the molecule is C/C1=N/CNCCCNC(C)(C)C1. The molecular formula is C10H21N3. The van der Waals surface area contributed by atoms with Crippen LogP contribution in [0.1, 0.15) is 33.6 Å². The smallest absolute Gasteiger partial charge is 0.0883 e. The van der Waals surface area contributed by atoms with Crippen LogP contribution in [0.5, 0.6) is 0 Å². The molecule has 0 aromatic heterocycles. The Morgan fingerprint density at radius 1 is 1.31 bits per heavy atom. The molecule has 2 N–H and O–H groups in total. The zero-order valence-corrected chi connectivity index (χ0v) is 8.98. The molecule has 3 heteroatoms. The Morgan fingerprint density at radius 2 is 2.08 bits per heavy atom. The molecule has 13 heavy (non-hydrogen) atoms. The molecule has 0 amide bonds. The Balaban J connectivity index is 2.54. The lowest BCUT2D eigenvalue weighted by Gasteiger charge is -2.27. The maximum atomic E-state index is 4.45. The largest absolute Gasteiger partial charge is 0.311 e. The van der Waals surface area contributed by atoms with E-state index in [1.54, 1.807) is 0 Å². The van der Waals surface area contributed by atoms with Crippen LogP contribution in [0.15, 0.2) is 4.99 Å². The fraction of sp³-hybridized carbons (Fsp3) is 0.900. The molecular weight excluding hydrogens is 162 g/mol. The summed E-state index contributed by atoms with van der Waals surface area (Å²) < 4.78 is 0. The molecule has 0 saturated carbocycles. The minimum absolute atomic E-state index is 0.199. The molecule has 76 valence electrons. The van der Waals surface area contributed by atoms with Gasteiger partial charge < -0.3 is 5.32 Å². The summed E-state index contributed by atoms with van der Waals surface area (Å²) in [7, 11) is 0. The summed E-state index contributed by atoms with van der Waals surface area (Å²) in [6.45, 7) is 9.50. The van der Waals surface area contributed by atoms with Gasteiger partial charge in [0.15, 0.2) is 0 Å². The highest BCUT2D eigenvalue weighted by Crippen LogP contribution is 2.09. The van der Waals surface area contributed by atoms with Crippen molar-refractivity contribution in [2.24, 2.45) is 4.99 Å². The minimum Gasteiger partial charge on any atom is -0.311 e. The van der Waals surface area contributed by atoms with E-state index in [2.05, 4.69) is 36.4 Å². The summed E-state index contributed by atoms with van der Waals surface area (Å²) in [6.07, 6.45) is 2.21. The zero-order chi connectivity index (χ0) is 9.73. The fourth-order valence-electron chi connectivity index (χ4n) is 1.67. The van der Waals surface area contributed by atoms with Gasteiger partial charge in [0.25, 0.3) is 0 Å². The van der Waals surface area contributed by atoms with E-state index in [0.717, 1.165) is 26.2 Å². The van der Waals surface area contributed by atoms with Gasteiger partial charge in [0.05, 0.1) is 6.67 Å². The Kier molecular flexibility index (Phi) is 3.88. The molecule has 0 spiro atoms. The van der Waals surface area contributed by atoms with E-state index in [9.17, 15) is 0 Å². The Labute approximate surface area is 81.0 Å². The minimum atomic E-state index is 0.199. The lowest BCUT2D eigenvalue weighted by Crippen LogP contribution is -2.42. The predicted molar refractivity (Wildman–Crippen MR) is 57.3 cm³/mol. The summed E-state index contributed by atoms with van der Waals surface area (Å²) in [4.78, 5) is 4.45. The van der Waals surface area contributed by atoms with Crippen molar-refractivity contribution in [2.75, 3.05) is 19.8 Å². The summed E-state index contributed by atoms with van der Waals surface area (Å²) in [5.41, 5.74) is 1.43. The molecule has 0 aromatic rings. The lowest BCUT2D eigenvalue weighted by atomic mass is 9.97. The molecule has 3 nitrogen and oxygen atoms in total. The molecule has 1 aliphatic heterocycles. The standard InChI is InChI=1S/C10H21N3/c1-9-7-10(2,3)13-6-4-5-11-8-12-9/h11,13H,4-8H2,1-3H3/b12-9-. The van der Waals surface area contributed by atoms with Crippen molar-refractivity contribution in [1.82, 2.24) is 10.6 Å². The zero-order valence-electron chi connectivity index (χ0n) is 8.98. The number of nitrogens with one attached hydrogen (secondary N) is 2. The molecule has 0 radical (unpaired) electrons. The van der Waals surface area contributed by atoms with Gasteiger partial charge in [0.1, 0.15) is 0 Å². The Bertz CT molecular complexity index is 185. The second-order valence-corrected chi connectivity index (χ2v) is 4.39. The van der Waals surface area contributed by atoms with E-state index in [-0.39, 0.29) is 5.54 Å². The Morgan fingerprint density at radius 3 is 2.85 bits per heavy atom. The lowest BCUT2D eigenvalue weighted by molar-refractivity contribution is 0.393. The van der Waals surface area contributed by atoms with Crippen LogP contribution in [0.2, 0.25) is 0 Å². The molecule has 0 aliphatic carbocycles. The average Bonchev–Trinajstić information content (AvgIpc) is 2.01. The maximum absolute atomic E-state index is 4.45. The fourth-order valence-corrected chi connectivity index (χ4v) is 1.67. The number of hydrogen-bond donors (Lipinski definition) is 2. The van der Waals surface area contributed by atoms with Crippen LogP contribution in [0.25, 0.3) is 0 Å². The van der Waals surface area contributed by atoms with Gasteiger partial charge in [-0.3, -0.25) is 10.3 Å². The molecule has 1 heterocycles. The van der Waals surface area contributed by atoms with Crippen LogP contribution in [-0.4, -0.2) is 31.0 Å². The highest BCUT2D eigenvalue weighted by Gasteiger charge is 2.17. The van der Waals surface area contributed by atoms with Crippen LogP contribution in [0.3, 0.4) is 0 Å².